The minimum atomic E-state index is -0.290. The first-order valence-electron chi connectivity index (χ1n) is 8.77. The van der Waals surface area contributed by atoms with Gasteiger partial charge in [0.15, 0.2) is 5.75 Å². The third-order valence-electron chi connectivity index (χ3n) is 5.34. The molecular formula is C18H26N2O5. The molecule has 0 radical (unpaired) electrons. The highest BCUT2D eigenvalue weighted by Gasteiger charge is 2.45. The second-order valence-electron chi connectivity index (χ2n) is 6.67. The van der Waals surface area contributed by atoms with Gasteiger partial charge in [0.2, 0.25) is 5.91 Å². The summed E-state index contributed by atoms with van der Waals surface area (Å²) in [4.78, 5) is 26.6. The zero-order valence-electron chi connectivity index (χ0n) is 14.9. The molecule has 0 bridgehead atoms. The summed E-state index contributed by atoms with van der Waals surface area (Å²) in [5, 5.41) is 0. The molecule has 0 aromatic carbocycles. The number of amides is 1. The van der Waals surface area contributed by atoms with Crippen LogP contribution in [0.25, 0.3) is 0 Å². The summed E-state index contributed by atoms with van der Waals surface area (Å²) in [5.41, 5.74) is -0.557. The molecule has 25 heavy (non-hydrogen) atoms. The second kappa shape index (κ2) is 7.58. The Bertz CT molecular complexity index is 664. The molecule has 1 aromatic heterocycles. The molecule has 2 saturated heterocycles. The fourth-order valence-electron chi connectivity index (χ4n) is 3.87. The fourth-order valence-corrected chi connectivity index (χ4v) is 3.87. The van der Waals surface area contributed by atoms with Gasteiger partial charge < -0.3 is 23.7 Å². The molecule has 0 N–H and O–H groups in total. The zero-order chi connectivity index (χ0) is 17.9. The van der Waals surface area contributed by atoms with Crippen LogP contribution in [-0.4, -0.2) is 61.0 Å². The second-order valence-corrected chi connectivity index (χ2v) is 6.67. The largest absolute Gasteiger partial charge is 0.491 e. The standard InChI is InChI=1S/C18H26N2O5/c1-23-14-5-3-9-20(17(14)22)13-16(21)19-10-7-18(8-11-19)15(24-2)6-4-12-25-18/h3,5,9,15H,4,6-8,10-13H2,1-2H3/t15-/m0/s1. The first kappa shape index (κ1) is 17.9. The number of carbonyl (C=O) groups excluding carboxylic acids is 1. The van der Waals surface area contributed by atoms with Crippen LogP contribution < -0.4 is 10.3 Å². The van der Waals surface area contributed by atoms with Gasteiger partial charge in [0.25, 0.3) is 5.56 Å². The summed E-state index contributed by atoms with van der Waals surface area (Å²) in [7, 11) is 3.18. The van der Waals surface area contributed by atoms with Gasteiger partial charge in [-0.15, -0.1) is 0 Å². The third-order valence-corrected chi connectivity index (χ3v) is 5.34. The zero-order valence-corrected chi connectivity index (χ0v) is 14.9. The van der Waals surface area contributed by atoms with Gasteiger partial charge in [0.05, 0.1) is 18.8 Å². The Kier molecular flexibility index (Phi) is 5.44. The van der Waals surface area contributed by atoms with E-state index in [1.807, 2.05) is 4.90 Å². The van der Waals surface area contributed by atoms with Crippen molar-refractivity contribution in [3.05, 3.63) is 28.7 Å². The smallest absolute Gasteiger partial charge is 0.293 e. The number of ether oxygens (including phenoxy) is 3. The number of nitrogens with zero attached hydrogens (tertiary/aromatic N) is 2. The number of hydrogen-bond donors (Lipinski definition) is 0. The van der Waals surface area contributed by atoms with Gasteiger partial charge in [-0.25, -0.2) is 0 Å². The van der Waals surface area contributed by atoms with E-state index < -0.39 is 0 Å². The highest BCUT2D eigenvalue weighted by atomic mass is 16.5. The van der Waals surface area contributed by atoms with Crippen molar-refractivity contribution in [2.75, 3.05) is 33.9 Å². The average Bonchev–Trinajstić information content (AvgIpc) is 2.64. The van der Waals surface area contributed by atoms with E-state index in [1.165, 1.54) is 11.7 Å². The van der Waals surface area contributed by atoms with Crippen LogP contribution in [0.4, 0.5) is 0 Å². The summed E-state index contributed by atoms with van der Waals surface area (Å²) in [5.74, 6) is 0.182. The quantitative estimate of drug-likeness (QED) is 0.812. The van der Waals surface area contributed by atoms with Crippen LogP contribution in [0.3, 0.4) is 0 Å². The van der Waals surface area contributed by atoms with Gasteiger partial charge in [-0.05, 0) is 37.8 Å². The van der Waals surface area contributed by atoms with E-state index in [1.54, 1.807) is 25.4 Å². The Morgan fingerprint density at radius 3 is 2.80 bits per heavy atom. The van der Waals surface area contributed by atoms with E-state index in [0.29, 0.717) is 13.1 Å². The van der Waals surface area contributed by atoms with Crippen molar-refractivity contribution in [2.24, 2.45) is 0 Å². The van der Waals surface area contributed by atoms with Crippen molar-refractivity contribution in [2.45, 2.75) is 43.9 Å². The number of pyridine rings is 1. The first-order valence-corrected chi connectivity index (χ1v) is 8.77. The van der Waals surface area contributed by atoms with E-state index in [-0.39, 0.29) is 35.5 Å². The SMILES string of the molecule is COc1cccn(CC(=O)N2CCC3(CC2)OCCC[C@@H]3OC)c1=O. The minimum absolute atomic E-state index is 0.0254. The molecule has 7 nitrogen and oxygen atoms in total. The highest BCUT2D eigenvalue weighted by Crippen LogP contribution is 2.36. The van der Waals surface area contributed by atoms with Crippen molar-refractivity contribution < 1.29 is 19.0 Å². The molecule has 1 amide bonds. The van der Waals surface area contributed by atoms with E-state index >= 15 is 0 Å². The maximum absolute atomic E-state index is 12.6. The molecule has 0 aliphatic carbocycles. The Morgan fingerprint density at radius 1 is 1.36 bits per heavy atom. The molecule has 2 aliphatic heterocycles. The molecule has 7 heteroatoms. The number of aromatic nitrogens is 1. The molecule has 0 saturated carbocycles. The van der Waals surface area contributed by atoms with Crippen molar-refractivity contribution in [3.8, 4) is 5.75 Å². The average molecular weight is 350 g/mol. The lowest BCUT2D eigenvalue weighted by atomic mass is 9.82. The molecule has 3 heterocycles. The van der Waals surface area contributed by atoms with Gasteiger partial charge >= 0.3 is 0 Å². The lowest BCUT2D eigenvalue weighted by molar-refractivity contribution is -0.188. The number of methoxy groups -OCH3 is 2. The molecule has 2 aliphatic rings. The van der Waals surface area contributed by atoms with Gasteiger partial charge in [-0.1, -0.05) is 0 Å². The van der Waals surface area contributed by atoms with Crippen LogP contribution in [0.1, 0.15) is 25.7 Å². The lowest BCUT2D eigenvalue weighted by Crippen LogP contribution is -2.57. The Balaban J connectivity index is 1.63. The van der Waals surface area contributed by atoms with Crippen LogP contribution in [0.15, 0.2) is 23.1 Å². The molecule has 1 spiro atoms. The highest BCUT2D eigenvalue weighted by molar-refractivity contribution is 5.76. The van der Waals surface area contributed by atoms with Crippen molar-refractivity contribution in [3.63, 3.8) is 0 Å². The first-order chi connectivity index (χ1) is 12.1. The number of rotatable bonds is 4. The number of hydrogen-bond acceptors (Lipinski definition) is 5. The maximum Gasteiger partial charge on any atom is 0.293 e. The predicted octanol–water partition coefficient (Wildman–Crippen LogP) is 1.04. The molecule has 3 rings (SSSR count). The summed E-state index contributed by atoms with van der Waals surface area (Å²) in [6, 6.07) is 3.30. The van der Waals surface area contributed by atoms with Crippen molar-refractivity contribution in [1.29, 1.82) is 0 Å². The Hall–Kier alpha value is -1.86. The van der Waals surface area contributed by atoms with Crippen LogP contribution >= 0.6 is 0 Å². The van der Waals surface area contributed by atoms with Gasteiger partial charge in [-0.3, -0.25) is 9.59 Å². The van der Waals surface area contributed by atoms with E-state index in [0.717, 1.165) is 32.3 Å². The minimum Gasteiger partial charge on any atom is -0.491 e. The topological polar surface area (TPSA) is 70.0 Å². The normalized spacial score (nSPS) is 22.8. The van der Waals surface area contributed by atoms with E-state index in [9.17, 15) is 9.59 Å². The van der Waals surface area contributed by atoms with Gasteiger partial charge in [0, 0.05) is 33.0 Å². The van der Waals surface area contributed by atoms with Crippen LogP contribution in [0.2, 0.25) is 0 Å². The summed E-state index contributed by atoms with van der Waals surface area (Å²) in [6.45, 7) is 2.03. The number of carbonyl (C=O) groups is 1. The van der Waals surface area contributed by atoms with Crippen LogP contribution in [0.5, 0.6) is 5.75 Å². The van der Waals surface area contributed by atoms with E-state index in [2.05, 4.69) is 0 Å². The lowest BCUT2D eigenvalue weighted by Gasteiger charge is -2.48. The predicted molar refractivity (Wildman–Crippen MR) is 91.8 cm³/mol. The number of piperidine rings is 1. The Morgan fingerprint density at radius 2 is 2.12 bits per heavy atom. The number of likely N-dealkylation sites (tertiary alicyclic amines) is 1. The molecule has 0 unspecified atom stereocenters. The third kappa shape index (κ3) is 3.57. The Labute approximate surface area is 147 Å². The van der Waals surface area contributed by atoms with Crippen LogP contribution in [-0.2, 0) is 20.8 Å². The molecule has 2 fully saturated rings. The molecular weight excluding hydrogens is 324 g/mol. The molecule has 138 valence electrons. The molecule has 1 aromatic rings. The van der Waals surface area contributed by atoms with Crippen LogP contribution in [0, 0.1) is 0 Å². The fraction of sp³-hybridized carbons (Fsp3) is 0.667. The van der Waals surface area contributed by atoms with E-state index in [4.69, 9.17) is 14.2 Å². The maximum atomic E-state index is 12.6. The van der Waals surface area contributed by atoms with Gasteiger partial charge in [0.1, 0.15) is 6.54 Å². The summed E-state index contributed by atoms with van der Waals surface area (Å²) >= 11 is 0. The van der Waals surface area contributed by atoms with Crippen molar-refractivity contribution >= 4 is 5.91 Å². The molecule has 1 atom stereocenters. The van der Waals surface area contributed by atoms with Crippen molar-refractivity contribution in [1.82, 2.24) is 9.47 Å². The van der Waals surface area contributed by atoms with Gasteiger partial charge in [-0.2, -0.15) is 0 Å². The summed E-state index contributed by atoms with van der Waals surface area (Å²) in [6.07, 6.45) is 5.26. The summed E-state index contributed by atoms with van der Waals surface area (Å²) < 4.78 is 18.1. The monoisotopic (exact) mass is 350 g/mol.